The number of rotatable bonds is 0. The van der Waals surface area contributed by atoms with Crippen molar-refractivity contribution in [2.75, 3.05) is 0 Å². The highest BCUT2D eigenvalue weighted by molar-refractivity contribution is 5.98. The van der Waals surface area contributed by atoms with Crippen LogP contribution in [-0.4, -0.2) is 9.97 Å². The fraction of sp³-hybridized carbons (Fsp3) is 0.0303. The van der Waals surface area contributed by atoms with E-state index in [-0.39, 0.29) is 0 Å². The van der Waals surface area contributed by atoms with Gasteiger partial charge in [0.15, 0.2) is 5.82 Å². The average molecular weight is 461 g/mol. The van der Waals surface area contributed by atoms with Crippen molar-refractivity contribution in [1.82, 2.24) is 9.97 Å². The highest BCUT2D eigenvalue weighted by atomic mass is 16.5. The SMILES string of the molecule is c1cc2cc(c1)-c1nc(nc3ccccc13)-c1cccc3c1-c1cc(ccc1OC3)-c1ccccc1-2. The van der Waals surface area contributed by atoms with Gasteiger partial charge in [-0.25, -0.2) is 9.97 Å². The lowest BCUT2D eigenvalue weighted by Gasteiger charge is -2.24. The van der Waals surface area contributed by atoms with Gasteiger partial charge in [0, 0.05) is 27.6 Å². The fourth-order valence-corrected chi connectivity index (χ4v) is 5.64. The lowest BCUT2D eigenvalue weighted by Crippen LogP contribution is -2.07. The van der Waals surface area contributed by atoms with Crippen LogP contribution >= 0.6 is 0 Å². The molecule has 0 spiro atoms. The number of fused-ring (bicyclic) bond motifs is 12. The van der Waals surface area contributed by atoms with Gasteiger partial charge >= 0.3 is 0 Å². The lowest BCUT2D eigenvalue weighted by atomic mass is 9.88. The van der Waals surface area contributed by atoms with Crippen molar-refractivity contribution in [3.63, 3.8) is 0 Å². The van der Waals surface area contributed by atoms with Crippen molar-refractivity contribution in [3.05, 3.63) is 115 Å². The van der Waals surface area contributed by atoms with Gasteiger partial charge in [0.25, 0.3) is 0 Å². The maximum atomic E-state index is 6.19. The normalized spacial score (nSPS) is 12.6. The summed E-state index contributed by atoms with van der Waals surface area (Å²) >= 11 is 0. The third-order valence-corrected chi connectivity index (χ3v) is 7.31. The molecule has 2 aliphatic rings. The first-order valence-corrected chi connectivity index (χ1v) is 12.2. The van der Waals surface area contributed by atoms with Crippen LogP contribution in [0.25, 0.3) is 66.9 Å². The van der Waals surface area contributed by atoms with E-state index >= 15 is 0 Å². The summed E-state index contributed by atoms with van der Waals surface area (Å²) in [6, 6.07) is 38.5. The Hall–Kier alpha value is -4.76. The molecule has 168 valence electrons. The Kier molecular flexibility index (Phi) is 4.00. The third kappa shape index (κ3) is 2.80. The molecule has 0 aliphatic carbocycles. The number of hydrogen-bond acceptors (Lipinski definition) is 3. The summed E-state index contributed by atoms with van der Waals surface area (Å²) in [6.07, 6.45) is 0. The largest absolute Gasteiger partial charge is 0.488 e. The van der Waals surface area contributed by atoms with Crippen LogP contribution in [0.4, 0.5) is 0 Å². The molecule has 1 aromatic heterocycles. The predicted octanol–water partition coefficient (Wildman–Crippen LogP) is 8.17. The molecule has 0 N–H and O–H groups in total. The summed E-state index contributed by atoms with van der Waals surface area (Å²) in [6.45, 7) is 0.535. The molecule has 3 heteroatoms. The molecule has 8 rings (SSSR count). The molecule has 3 heterocycles. The molecule has 0 amide bonds. The first-order chi connectivity index (χ1) is 17.8. The van der Waals surface area contributed by atoms with E-state index in [9.17, 15) is 0 Å². The van der Waals surface area contributed by atoms with Crippen LogP contribution in [0.2, 0.25) is 0 Å². The molecule has 0 saturated heterocycles. The van der Waals surface area contributed by atoms with Crippen molar-refractivity contribution in [1.29, 1.82) is 0 Å². The zero-order valence-corrected chi connectivity index (χ0v) is 19.4. The highest BCUT2D eigenvalue weighted by Gasteiger charge is 2.24. The van der Waals surface area contributed by atoms with Crippen molar-refractivity contribution in [3.8, 4) is 61.8 Å². The molecule has 6 aromatic rings. The summed E-state index contributed by atoms with van der Waals surface area (Å²) in [4.78, 5) is 10.3. The Balaban J connectivity index is 1.58. The Morgan fingerprint density at radius 1 is 0.556 bits per heavy atom. The van der Waals surface area contributed by atoms with E-state index in [4.69, 9.17) is 14.7 Å². The lowest BCUT2D eigenvalue weighted by molar-refractivity contribution is 0.302. The molecule has 0 radical (unpaired) electrons. The predicted molar refractivity (Wildman–Crippen MR) is 145 cm³/mol. The van der Waals surface area contributed by atoms with Crippen molar-refractivity contribution < 1.29 is 4.74 Å². The maximum Gasteiger partial charge on any atom is 0.161 e. The first kappa shape index (κ1) is 19.5. The minimum absolute atomic E-state index is 0.535. The molecule has 0 fully saturated rings. The van der Waals surface area contributed by atoms with Gasteiger partial charge in [0.2, 0.25) is 0 Å². The number of ether oxygens (including phenoxy) is 1. The maximum absolute atomic E-state index is 6.19. The van der Waals surface area contributed by atoms with Crippen molar-refractivity contribution >= 4 is 10.9 Å². The van der Waals surface area contributed by atoms with E-state index < -0.39 is 0 Å². The molecule has 0 unspecified atom stereocenters. The van der Waals surface area contributed by atoms with E-state index in [0.717, 1.165) is 61.6 Å². The van der Waals surface area contributed by atoms with Gasteiger partial charge in [-0.2, -0.15) is 0 Å². The first-order valence-electron chi connectivity index (χ1n) is 12.2. The Labute approximate surface area is 208 Å². The number of benzene rings is 5. The summed E-state index contributed by atoms with van der Waals surface area (Å²) in [7, 11) is 0. The van der Waals surface area contributed by atoms with Gasteiger partial charge < -0.3 is 4.74 Å². The van der Waals surface area contributed by atoms with Gasteiger partial charge in [-0.15, -0.1) is 0 Å². The van der Waals surface area contributed by atoms with E-state index in [2.05, 4.69) is 103 Å². The fourth-order valence-electron chi connectivity index (χ4n) is 5.64. The smallest absolute Gasteiger partial charge is 0.161 e. The third-order valence-electron chi connectivity index (χ3n) is 7.31. The van der Waals surface area contributed by atoms with Gasteiger partial charge in [-0.05, 0) is 52.1 Å². The van der Waals surface area contributed by atoms with Crippen molar-refractivity contribution in [2.24, 2.45) is 0 Å². The summed E-state index contributed by atoms with van der Waals surface area (Å²) in [5.74, 6) is 1.63. The molecular formula is C33H20N2O. The Morgan fingerprint density at radius 3 is 2.22 bits per heavy atom. The second kappa shape index (κ2) is 7.37. The van der Waals surface area contributed by atoms with Crippen LogP contribution in [0.5, 0.6) is 5.75 Å². The Morgan fingerprint density at radius 2 is 1.31 bits per heavy atom. The molecule has 2 aliphatic heterocycles. The summed E-state index contributed by atoms with van der Waals surface area (Å²) in [5.41, 5.74) is 12.1. The Bertz CT molecular complexity index is 1850. The molecule has 0 atom stereocenters. The van der Waals surface area contributed by atoms with Crippen molar-refractivity contribution in [2.45, 2.75) is 6.61 Å². The molecule has 6 bridgehead atoms. The van der Waals surface area contributed by atoms with Crippen LogP contribution in [0.1, 0.15) is 5.56 Å². The molecular weight excluding hydrogens is 440 g/mol. The topological polar surface area (TPSA) is 35.0 Å². The number of nitrogens with zero attached hydrogens (tertiary/aromatic N) is 2. The monoisotopic (exact) mass is 460 g/mol. The van der Waals surface area contributed by atoms with E-state index in [1.807, 2.05) is 6.07 Å². The standard InChI is InChI=1S/C33H20N2O/c1-2-11-25-21-15-16-30-28(18-21)31-23(19-36-30)9-6-13-27(31)33-34-29-14-4-3-12-26(29)32(35-33)22-8-5-7-20(17-22)24(25)10-1/h1-18H,19H2. The van der Waals surface area contributed by atoms with Gasteiger partial charge in [0.1, 0.15) is 12.4 Å². The zero-order chi connectivity index (χ0) is 23.6. The highest BCUT2D eigenvalue weighted by Crippen LogP contribution is 2.46. The van der Waals surface area contributed by atoms with Crippen LogP contribution in [0, 0.1) is 0 Å². The second-order valence-electron chi connectivity index (χ2n) is 9.38. The number of hydrogen-bond donors (Lipinski definition) is 0. The van der Waals surface area contributed by atoms with Gasteiger partial charge in [-0.3, -0.25) is 0 Å². The molecule has 3 nitrogen and oxygen atoms in total. The number of aromatic nitrogens is 2. The van der Waals surface area contributed by atoms with Crippen LogP contribution in [0.15, 0.2) is 109 Å². The van der Waals surface area contributed by atoms with Crippen LogP contribution in [-0.2, 0) is 6.61 Å². The van der Waals surface area contributed by atoms with Crippen LogP contribution < -0.4 is 4.74 Å². The second-order valence-corrected chi connectivity index (χ2v) is 9.38. The molecule has 5 aromatic carbocycles. The van der Waals surface area contributed by atoms with E-state index in [1.54, 1.807) is 0 Å². The van der Waals surface area contributed by atoms with Crippen LogP contribution in [0.3, 0.4) is 0 Å². The molecule has 0 saturated carbocycles. The average Bonchev–Trinajstić information content (AvgIpc) is 2.95. The summed E-state index contributed by atoms with van der Waals surface area (Å²) in [5, 5.41) is 1.05. The van der Waals surface area contributed by atoms with Gasteiger partial charge in [0.05, 0.1) is 11.2 Å². The van der Waals surface area contributed by atoms with Gasteiger partial charge in [-0.1, -0.05) is 84.9 Å². The minimum atomic E-state index is 0.535. The zero-order valence-electron chi connectivity index (χ0n) is 19.4. The summed E-state index contributed by atoms with van der Waals surface area (Å²) < 4.78 is 6.19. The minimum Gasteiger partial charge on any atom is -0.488 e. The molecule has 36 heavy (non-hydrogen) atoms. The van der Waals surface area contributed by atoms with E-state index in [0.29, 0.717) is 6.61 Å². The van der Waals surface area contributed by atoms with E-state index in [1.165, 1.54) is 16.7 Å². The number of para-hydroxylation sites is 1. The quantitative estimate of drug-likeness (QED) is 0.229.